The number of nitrogens with one attached hydrogen (secondary N) is 1. The van der Waals surface area contributed by atoms with E-state index in [0.29, 0.717) is 0 Å². The molecule has 3 nitrogen and oxygen atoms in total. The molecule has 1 saturated heterocycles. The molecule has 2 fully saturated rings. The Hall–Kier alpha value is -0.120. The average molecular weight is 212 g/mol. The van der Waals surface area contributed by atoms with Crippen LogP contribution >= 0.6 is 0 Å². The summed E-state index contributed by atoms with van der Waals surface area (Å²) in [5.74, 6) is 0.847. The van der Waals surface area contributed by atoms with Crippen molar-refractivity contribution in [3.05, 3.63) is 0 Å². The topological polar surface area (TPSA) is 35.5 Å². The molecule has 0 radical (unpaired) electrons. The van der Waals surface area contributed by atoms with Crippen molar-refractivity contribution in [2.24, 2.45) is 5.92 Å². The molecule has 1 heterocycles. The minimum absolute atomic E-state index is 0.145. The number of aliphatic hydroxyl groups is 1. The molecule has 1 aliphatic heterocycles. The zero-order chi connectivity index (χ0) is 10.7. The van der Waals surface area contributed by atoms with Crippen LogP contribution in [0.4, 0.5) is 0 Å². The van der Waals surface area contributed by atoms with Crippen LogP contribution in [0.5, 0.6) is 0 Å². The number of nitrogens with zero attached hydrogens (tertiary/aromatic N) is 1. The Bertz CT molecular complexity index is 180. The molecule has 0 aromatic heterocycles. The molecule has 88 valence electrons. The van der Waals surface area contributed by atoms with E-state index in [-0.39, 0.29) is 6.10 Å². The van der Waals surface area contributed by atoms with Gasteiger partial charge >= 0.3 is 0 Å². The lowest BCUT2D eigenvalue weighted by atomic mass is 10.1. The van der Waals surface area contributed by atoms with E-state index in [1.165, 1.54) is 38.9 Å². The first-order valence-corrected chi connectivity index (χ1v) is 6.38. The summed E-state index contributed by atoms with van der Waals surface area (Å²) in [5, 5.41) is 12.8. The molecule has 2 rings (SSSR count). The second kappa shape index (κ2) is 5.28. The van der Waals surface area contributed by atoms with Gasteiger partial charge in [0.15, 0.2) is 0 Å². The van der Waals surface area contributed by atoms with Gasteiger partial charge in [0.2, 0.25) is 0 Å². The molecular formula is C12H24N2O. The standard InChI is InChI=1S/C12H24N2O/c1-10(15)4-6-14-7-5-11(9-14)8-13-12-2-3-12/h10-13,15H,2-9H2,1H3. The van der Waals surface area contributed by atoms with Crippen molar-refractivity contribution in [1.29, 1.82) is 0 Å². The van der Waals surface area contributed by atoms with Crippen LogP contribution in [0.25, 0.3) is 0 Å². The molecule has 2 unspecified atom stereocenters. The average Bonchev–Trinajstić information content (AvgIpc) is 2.92. The molecule has 2 aliphatic rings. The largest absolute Gasteiger partial charge is 0.393 e. The maximum absolute atomic E-state index is 9.22. The van der Waals surface area contributed by atoms with Crippen molar-refractivity contribution in [3.63, 3.8) is 0 Å². The molecule has 0 amide bonds. The number of rotatable bonds is 6. The lowest BCUT2D eigenvalue weighted by molar-refractivity contribution is 0.163. The van der Waals surface area contributed by atoms with Gasteiger partial charge in [-0.1, -0.05) is 0 Å². The van der Waals surface area contributed by atoms with Crippen LogP contribution in [0.2, 0.25) is 0 Å². The highest BCUT2D eigenvalue weighted by molar-refractivity contribution is 4.84. The number of aliphatic hydroxyl groups excluding tert-OH is 1. The smallest absolute Gasteiger partial charge is 0.0524 e. The SMILES string of the molecule is CC(O)CCN1CCC(CNC2CC2)C1. The number of likely N-dealkylation sites (tertiary alicyclic amines) is 1. The maximum atomic E-state index is 9.22. The Balaban J connectivity index is 1.56. The summed E-state index contributed by atoms with van der Waals surface area (Å²) < 4.78 is 0. The number of hydrogen-bond acceptors (Lipinski definition) is 3. The minimum atomic E-state index is -0.145. The van der Waals surface area contributed by atoms with Crippen LogP contribution in [-0.4, -0.2) is 48.3 Å². The molecule has 1 saturated carbocycles. The van der Waals surface area contributed by atoms with Gasteiger partial charge in [0.1, 0.15) is 0 Å². The van der Waals surface area contributed by atoms with Crippen LogP contribution < -0.4 is 5.32 Å². The van der Waals surface area contributed by atoms with Crippen LogP contribution in [0.1, 0.15) is 32.6 Å². The van der Waals surface area contributed by atoms with Gasteiger partial charge in [-0.2, -0.15) is 0 Å². The highest BCUT2D eigenvalue weighted by atomic mass is 16.3. The lowest BCUT2D eigenvalue weighted by Gasteiger charge is -2.17. The van der Waals surface area contributed by atoms with Gasteiger partial charge < -0.3 is 15.3 Å². The first-order valence-electron chi connectivity index (χ1n) is 6.38. The Morgan fingerprint density at radius 3 is 2.87 bits per heavy atom. The normalized spacial score (nSPS) is 29.6. The van der Waals surface area contributed by atoms with Crippen LogP contribution in [0.3, 0.4) is 0 Å². The molecule has 15 heavy (non-hydrogen) atoms. The van der Waals surface area contributed by atoms with Gasteiger partial charge in [0.25, 0.3) is 0 Å². The molecule has 1 aliphatic carbocycles. The van der Waals surface area contributed by atoms with E-state index in [1.54, 1.807) is 0 Å². The van der Waals surface area contributed by atoms with E-state index in [4.69, 9.17) is 0 Å². The summed E-state index contributed by atoms with van der Waals surface area (Å²) in [7, 11) is 0. The predicted molar refractivity (Wildman–Crippen MR) is 61.9 cm³/mol. The van der Waals surface area contributed by atoms with Crippen molar-refractivity contribution in [3.8, 4) is 0 Å². The van der Waals surface area contributed by atoms with E-state index in [0.717, 1.165) is 24.9 Å². The predicted octanol–water partition coefficient (Wildman–Crippen LogP) is 0.831. The third kappa shape index (κ3) is 4.09. The summed E-state index contributed by atoms with van der Waals surface area (Å²) in [4.78, 5) is 2.49. The maximum Gasteiger partial charge on any atom is 0.0524 e. The van der Waals surface area contributed by atoms with E-state index >= 15 is 0 Å². The first kappa shape index (κ1) is 11.4. The fourth-order valence-corrected chi connectivity index (χ4v) is 2.27. The van der Waals surface area contributed by atoms with Crippen LogP contribution in [-0.2, 0) is 0 Å². The Kier molecular flexibility index (Phi) is 4.00. The highest BCUT2D eigenvalue weighted by Gasteiger charge is 2.25. The lowest BCUT2D eigenvalue weighted by Crippen LogP contribution is -2.29. The Labute approximate surface area is 92.8 Å². The number of hydrogen-bond donors (Lipinski definition) is 2. The monoisotopic (exact) mass is 212 g/mol. The third-order valence-corrected chi connectivity index (χ3v) is 3.51. The fourth-order valence-electron chi connectivity index (χ4n) is 2.27. The second-order valence-corrected chi connectivity index (χ2v) is 5.28. The van der Waals surface area contributed by atoms with Crippen LogP contribution in [0, 0.1) is 5.92 Å². The summed E-state index contributed by atoms with van der Waals surface area (Å²) in [6, 6.07) is 0.844. The van der Waals surface area contributed by atoms with Crippen molar-refractivity contribution in [1.82, 2.24) is 10.2 Å². The van der Waals surface area contributed by atoms with Crippen molar-refractivity contribution >= 4 is 0 Å². The van der Waals surface area contributed by atoms with Gasteiger partial charge in [-0.15, -0.1) is 0 Å². The first-order chi connectivity index (χ1) is 7.24. The van der Waals surface area contributed by atoms with E-state index in [2.05, 4.69) is 10.2 Å². The van der Waals surface area contributed by atoms with E-state index in [9.17, 15) is 5.11 Å². The highest BCUT2D eigenvalue weighted by Crippen LogP contribution is 2.21. The second-order valence-electron chi connectivity index (χ2n) is 5.28. The van der Waals surface area contributed by atoms with Crippen molar-refractivity contribution in [2.75, 3.05) is 26.2 Å². The Morgan fingerprint density at radius 2 is 2.20 bits per heavy atom. The third-order valence-electron chi connectivity index (χ3n) is 3.51. The fraction of sp³-hybridized carbons (Fsp3) is 1.00. The van der Waals surface area contributed by atoms with Crippen LogP contribution in [0.15, 0.2) is 0 Å². The molecule has 0 spiro atoms. The molecule has 3 heteroatoms. The van der Waals surface area contributed by atoms with Crippen molar-refractivity contribution < 1.29 is 5.11 Å². The summed E-state index contributed by atoms with van der Waals surface area (Å²) in [6.45, 7) is 6.60. The van der Waals surface area contributed by atoms with E-state index < -0.39 is 0 Å². The van der Waals surface area contributed by atoms with Gasteiger partial charge in [0.05, 0.1) is 6.10 Å². The Morgan fingerprint density at radius 1 is 1.40 bits per heavy atom. The molecule has 2 atom stereocenters. The molecular weight excluding hydrogens is 188 g/mol. The van der Waals surface area contributed by atoms with Crippen molar-refractivity contribution in [2.45, 2.75) is 44.8 Å². The van der Waals surface area contributed by atoms with Gasteiger partial charge in [-0.3, -0.25) is 0 Å². The molecule has 2 N–H and O–H groups in total. The minimum Gasteiger partial charge on any atom is -0.393 e. The quantitative estimate of drug-likeness (QED) is 0.684. The molecule has 0 bridgehead atoms. The zero-order valence-electron chi connectivity index (χ0n) is 9.78. The summed E-state index contributed by atoms with van der Waals surface area (Å²) >= 11 is 0. The molecule has 0 aromatic carbocycles. The van der Waals surface area contributed by atoms with Gasteiger partial charge in [-0.05, 0) is 51.6 Å². The summed E-state index contributed by atoms with van der Waals surface area (Å²) in [6.07, 6.45) is 4.88. The van der Waals surface area contributed by atoms with Gasteiger partial charge in [0, 0.05) is 19.1 Å². The zero-order valence-corrected chi connectivity index (χ0v) is 9.78. The van der Waals surface area contributed by atoms with Gasteiger partial charge in [-0.25, -0.2) is 0 Å². The molecule has 0 aromatic rings. The van der Waals surface area contributed by atoms with E-state index in [1.807, 2.05) is 6.92 Å². The summed E-state index contributed by atoms with van der Waals surface area (Å²) in [5.41, 5.74) is 0.